The van der Waals surface area contributed by atoms with Crippen LogP contribution in [0.4, 0.5) is 14.5 Å². The molecule has 28 heavy (non-hydrogen) atoms. The summed E-state index contributed by atoms with van der Waals surface area (Å²) in [5, 5.41) is 2.94. The van der Waals surface area contributed by atoms with Crippen LogP contribution in [0.15, 0.2) is 53.4 Å². The Kier molecular flexibility index (Phi) is 4.74. The van der Waals surface area contributed by atoms with Crippen molar-refractivity contribution in [1.82, 2.24) is 5.32 Å². The second kappa shape index (κ2) is 7.09. The van der Waals surface area contributed by atoms with Crippen molar-refractivity contribution in [2.45, 2.75) is 42.2 Å². The molecule has 2 heterocycles. The largest absolute Gasteiger partial charge is 0.435 e. The van der Waals surface area contributed by atoms with Crippen LogP contribution in [0.3, 0.4) is 0 Å². The third kappa shape index (κ3) is 3.11. The van der Waals surface area contributed by atoms with Gasteiger partial charge < -0.3 is 10.1 Å². The predicted molar refractivity (Wildman–Crippen MR) is 101 cm³/mol. The molecule has 8 heteroatoms. The fourth-order valence-electron chi connectivity index (χ4n) is 3.65. The number of halogens is 2. The fourth-order valence-corrected chi connectivity index (χ4v) is 5.07. The van der Waals surface area contributed by atoms with Gasteiger partial charge in [0.1, 0.15) is 5.75 Å². The third-order valence-electron chi connectivity index (χ3n) is 4.96. The monoisotopic (exact) mass is 404 g/mol. The molecule has 1 N–H and O–H groups in total. The molecule has 2 aromatic rings. The Balaban J connectivity index is 1.56. The summed E-state index contributed by atoms with van der Waals surface area (Å²) in [6.45, 7) is -1.14. The molecule has 0 aliphatic carbocycles. The summed E-state index contributed by atoms with van der Waals surface area (Å²) < 4.78 is 29.3. The molecule has 0 bridgehead atoms. The zero-order valence-corrected chi connectivity index (χ0v) is 15.8. The number of ether oxygens (including phenoxy) is 1. The molecule has 2 aliphatic heterocycles. The van der Waals surface area contributed by atoms with Gasteiger partial charge in [-0.2, -0.15) is 8.78 Å². The quantitative estimate of drug-likeness (QED) is 0.815. The Hall–Kier alpha value is -2.61. The van der Waals surface area contributed by atoms with Gasteiger partial charge in [-0.3, -0.25) is 14.5 Å². The first-order chi connectivity index (χ1) is 13.4. The van der Waals surface area contributed by atoms with E-state index in [4.69, 9.17) is 0 Å². The SMILES string of the molecule is CC(NC(=O)C12CCC(=O)N1c1ccccc1S2)c1cccc(OC(F)F)c1. The summed E-state index contributed by atoms with van der Waals surface area (Å²) in [7, 11) is 0. The predicted octanol–water partition coefficient (Wildman–Crippen LogP) is 4.09. The van der Waals surface area contributed by atoms with Crippen LogP contribution in [0.2, 0.25) is 0 Å². The highest BCUT2D eigenvalue weighted by molar-refractivity contribution is 8.02. The second-order valence-corrected chi connectivity index (χ2v) is 8.05. The Morgan fingerprint density at radius 1 is 1.25 bits per heavy atom. The number of rotatable bonds is 5. The standard InChI is InChI=1S/C20H18F2N2O3S/c1-12(13-5-4-6-14(11-13)27-19(21)22)23-18(26)20-10-9-17(25)24(20)15-7-2-3-8-16(15)28-20/h2-8,11-12,19H,9-10H2,1H3,(H,23,26). The van der Waals surface area contributed by atoms with Crippen molar-refractivity contribution >= 4 is 29.3 Å². The van der Waals surface area contributed by atoms with Crippen molar-refractivity contribution in [1.29, 1.82) is 0 Å². The van der Waals surface area contributed by atoms with Crippen molar-refractivity contribution in [2.24, 2.45) is 0 Å². The van der Waals surface area contributed by atoms with Gasteiger partial charge in [0.05, 0.1) is 11.7 Å². The summed E-state index contributed by atoms with van der Waals surface area (Å²) in [5.41, 5.74) is 1.39. The Bertz CT molecular complexity index is 939. The van der Waals surface area contributed by atoms with E-state index in [0.29, 0.717) is 18.4 Å². The zero-order chi connectivity index (χ0) is 19.9. The first kappa shape index (κ1) is 18.7. The molecule has 0 aromatic heterocycles. The number of carbonyl (C=O) groups excluding carboxylic acids is 2. The molecule has 2 unspecified atom stereocenters. The van der Waals surface area contributed by atoms with Gasteiger partial charge in [-0.15, -0.1) is 0 Å². The highest BCUT2D eigenvalue weighted by atomic mass is 32.2. The van der Waals surface area contributed by atoms with Crippen molar-refractivity contribution < 1.29 is 23.1 Å². The van der Waals surface area contributed by atoms with Gasteiger partial charge in [0.15, 0.2) is 4.87 Å². The number of para-hydroxylation sites is 1. The molecular formula is C20H18F2N2O3S. The molecule has 2 aliphatic rings. The lowest BCUT2D eigenvalue weighted by Crippen LogP contribution is -2.52. The summed E-state index contributed by atoms with van der Waals surface area (Å²) >= 11 is 1.38. The number of anilines is 1. The number of carbonyl (C=O) groups is 2. The number of alkyl halides is 2. The molecule has 146 valence electrons. The second-order valence-electron chi connectivity index (χ2n) is 6.73. The third-order valence-corrected chi connectivity index (χ3v) is 6.43. The molecule has 2 atom stereocenters. The minimum Gasteiger partial charge on any atom is -0.435 e. The average molecular weight is 404 g/mol. The lowest BCUT2D eigenvalue weighted by molar-refractivity contribution is -0.125. The summed E-state index contributed by atoms with van der Waals surface area (Å²) in [4.78, 5) is 27.2. The molecule has 2 aromatic carbocycles. The van der Waals surface area contributed by atoms with Gasteiger partial charge in [-0.1, -0.05) is 36.0 Å². The number of thioether (sulfide) groups is 1. The van der Waals surface area contributed by atoms with E-state index in [1.807, 2.05) is 24.3 Å². The first-order valence-electron chi connectivity index (χ1n) is 8.87. The molecule has 0 radical (unpaired) electrons. The maximum absolute atomic E-state index is 13.2. The van der Waals surface area contributed by atoms with E-state index < -0.39 is 17.5 Å². The number of nitrogens with zero attached hydrogens (tertiary/aromatic N) is 1. The molecule has 1 fully saturated rings. The molecule has 1 saturated heterocycles. The van der Waals surface area contributed by atoms with Crippen LogP contribution in [-0.4, -0.2) is 23.3 Å². The lowest BCUT2D eigenvalue weighted by atomic mass is 10.1. The maximum Gasteiger partial charge on any atom is 0.387 e. The van der Waals surface area contributed by atoms with Gasteiger partial charge in [-0.25, -0.2) is 0 Å². The number of nitrogens with one attached hydrogen (secondary N) is 1. The van der Waals surface area contributed by atoms with Crippen LogP contribution in [0.5, 0.6) is 5.75 Å². The normalized spacial score (nSPS) is 21.4. The first-order valence-corrected chi connectivity index (χ1v) is 9.69. The summed E-state index contributed by atoms with van der Waals surface area (Å²) in [6.07, 6.45) is 0.721. The van der Waals surface area contributed by atoms with Crippen LogP contribution in [-0.2, 0) is 9.59 Å². The van der Waals surface area contributed by atoms with Crippen molar-refractivity contribution in [3.63, 3.8) is 0 Å². The minimum atomic E-state index is -2.91. The number of hydrogen-bond donors (Lipinski definition) is 1. The highest BCUT2D eigenvalue weighted by Gasteiger charge is 2.57. The number of hydrogen-bond acceptors (Lipinski definition) is 4. The van der Waals surface area contributed by atoms with E-state index >= 15 is 0 Å². The Morgan fingerprint density at radius 2 is 2.04 bits per heavy atom. The van der Waals surface area contributed by atoms with Crippen LogP contribution in [0.1, 0.15) is 31.4 Å². The van der Waals surface area contributed by atoms with Gasteiger partial charge in [0, 0.05) is 11.3 Å². The van der Waals surface area contributed by atoms with Crippen molar-refractivity contribution in [3.8, 4) is 5.75 Å². The molecule has 0 spiro atoms. The number of benzene rings is 2. The molecular weight excluding hydrogens is 386 g/mol. The van der Waals surface area contributed by atoms with Crippen LogP contribution >= 0.6 is 11.8 Å². The van der Waals surface area contributed by atoms with Crippen molar-refractivity contribution in [2.75, 3.05) is 4.90 Å². The van der Waals surface area contributed by atoms with E-state index in [2.05, 4.69) is 10.1 Å². The zero-order valence-electron chi connectivity index (χ0n) is 15.0. The van der Waals surface area contributed by atoms with Crippen LogP contribution in [0.25, 0.3) is 0 Å². The summed E-state index contributed by atoms with van der Waals surface area (Å²) in [6, 6.07) is 13.3. The Morgan fingerprint density at radius 3 is 2.82 bits per heavy atom. The smallest absolute Gasteiger partial charge is 0.387 e. The van der Waals surface area contributed by atoms with Crippen LogP contribution < -0.4 is 15.0 Å². The van der Waals surface area contributed by atoms with Gasteiger partial charge in [0.2, 0.25) is 5.91 Å². The van der Waals surface area contributed by atoms with Gasteiger partial charge >= 0.3 is 6.61 Å². The molecule has 2 amide bonds. The fraction of sp³-hybridized carbons (Fsp3) is 0.300. The minimum absolute atomic E-state index is 0.0343. The topological polar surface area (TPSA) is 58.6 Å². The van der Waals surface area contributed by atoms with E-state index in [0.717, 1.165) is 10.6 Å². The number of amides is 2. The van der Waals surface area contributed by atoms with E-state index in [1.54, 1.807) is 24.0 Å². The van der Waals surface area contributed by atoms with E-state index in [-0.39, 0.29) is 17.6 Å². The van der Waals surface area contributed by atoms with E-state index in [9.17, 15) is 18.4 Å². The molecule has 0 saturated carbocycles. The average Bonchev–Trinajstić information content (AvgIpc) is 3.17. The van der Waals surface area contributed by atoms with Crippen LogP contribution in [0, 0.1) is 0 Å². The molecule has 4 rings (SSSR count). The van der Waals surface area contributed by atoms with Gasteiger partial charge in [-0.05, 0) is 43.2 Å². The molecule has 5 nitrogen and oxygen atoms in total. The highest BCUT2D eigenvalue weighted by Crippen LogP contribution is 2.55. The van der Waals surface area contributed by atoms with Gasteiger partial charge in [0.25, 0.3) is 5.91 Å². The maximum atomic E-state index is 13.2. The Labute approximate surface area is 165 Å². The van der Waals surface area contributed by atoms with E-state index in [1.165, 1.54) is 23.9 Å². The summed E-state index contributed by atoms with van der Waals surface area (Å²) in [5.74, 6) is -0.313. The van der Waals surface area contributed by atoms with Crippen molar-refractivity contribution in [3.05, 3.63) is 54.1 Å². The number of fused-ring (bicyclic) bond motifs is 3. The lowest BCUT2D eigenvalue weighted by Gasteiger charge is -2.31.